The highest BCUT2D eigenvalue weighted by molar-refractivity contribution is 5.72. The number of hydrogen-bond acceptors (Lipinski definition) is 4. The first kappa shape index (κ1) is 24.7. The maximum Gasteiger partial charge on any atom is 0.308 e. The van der Waals surface area contributed by atoms with Crippen LogP contribution in [0, 0.1) is 11.8 Å². The van der Waals surface area contributed by atoms with E-state index in [0.29, 0.717) is 25.9 Å². The van der Waals surface area contributed by atoms with E-state index in [9.17, 15) is 4.79 Å². The standard InChI is InChI=1S/C25H46O4/c1-3-5-6-7-8-9-18-29-25(26)22-12-16-24(17-13-22)28-20-19-27-23-14-10-21(4-2)11-15-23/h21-24H,3-20H2,1-2H3. The molecule has 0 aromatic rings. The van der Waals surface area contributed by atoms with E-state index in [1.807, 2.05) is 0 Å². The first-order valence-corrected chi connectivity index (χ1v) is 12.6. The molecule has 0 aromatic carbocycles. The minimum Gasteiger partial charge on any atom is -0.465 e. The molecule has 4 heteroatoms. The molecule has 2 aliphatic carbocycles. The van der Waals surface area contributed by atoms with Crippen LogP contribution in [0.3, 0.4) is 0 Å². The van der Waals surface area contributed by atoms with Crippen LogP contribution in [0.4, 0.5) is 0 Å². The SMILES string of the molecule is CCCCCCCCOC(=O)C1CCC(OCCOC2CCC(CC)CC2)CC1. The van der Waals surface area contributed by atoms with Crippen molar-refractivity contribution in [2.45, 2.75) is 122 Å². The molecular formula is C25H46O4. The predicted octanol–water partition coefficient (Wildman–Crippen LogP) is 6.45. The van der Waals surface area contributed by atoms with Gasteiger partial charge in [-0.15, -0.1) is 0 Å². The Morgan fingerprint density at radius 1 is 0.690 bits per heavy atom. The quantitative estimate of drug-likeness (QED) is 0.244. The van der Waals surface area contributed by atoms with Crippen LogP contribution >= 0.6 is 0 Å². The van der Waals surface area contributed by atoms with E-state index in [1.165, 1.54) is 64.2 Å². The Hall–Kier alpha value is -0.610. The third-order valence-corrected chi connectivity index (χ3v) is 6.91. The molecule has 0 bridgehead atoms. The molecule has 0 N–H and O–H groups in total. The number of unbranched alkanes of at least 4 members (excludes halogenated alkanes) is 5. The number of hydrogen-bond donors (Lipinski definition) is 0. The van der Waals surface area contributed by atoms with E-state index in [-0.39, 0.29) is 18.0 Å². The van der Waals surface area contributed by atoms with Gasteiger partial charge in [-0.3, -0.25) is 4.79 Å². The fourth-order valence-corrected chi connectivity index (χ4v) is 4.77. The van der Waals surface area contributed by atoms with Gasteiger partial charge in [0.05, 0.1) is 37.9 Å². The molecule has 0 atom stereocenters. The molecule has 29 heavy (non-hydrogen) atoms. The molecule has 0 amide bonds. The highest BCUT2D eigenvalue weighted by Crippen LogP contribution is 2.29. The zero-order chi connectivity index (χ0) is 20.7. The molecule has 0 saturated heterocycles. The Labute approximate surface area is 179 Å². The molecule has 170 valence electrons. The molecule has 0 aromatic heterocycles. The summed E-state index contributed by atoms with van der Waals surface area (Å²) in [5, 5.41) is 0. The van der Waals surface area contributed by atoms with Crippen LogP contribution in [0.25, 0.3) is 0 Å². The summed E-state index contributed by atoms with van der Waals surface area (Å²) in [5.41, 5.74) is 0. The highest BCUT2D eigenvalue weighted by Gasteiger charge is 2.28. The van der Waals surface area contributed by atoms with Crippen molar-refractivity contribution in [1.29, 1.82) is 0 Å². The average molecular weight is 411 g/mol. The topological polar surface area (TPSA) is 44.8 Å². The Morgan fingerprint density at radius 2 is 1.24 bits per heavy atom. The van der Waals surface area contributed by atoms with Crippen molar-refractivity contribution in [1.82, 2.24) is 0 Å². The van der Waals surface area contributed by atoms with Crippen molar-refractivity contribution in [3.63, 3.8) is 0 Å². The number of carbonyl (C=O) groups is 1. The lowest BCUT2D eigenvalue weighted by Crippen LogP contribution is -2.29. The van der Waals surface area contributed by atoms with Gasteiger partial charge in [-0.05, 0) is 63.7 Å². The molecule has 0 aliphatic heterocycles. The second-order valence-electron chi connectivity index (χ2n) is 9.20. The van der Waals surface area contributed by atoms with E-state index >= 15 is 0 Å². The van der Waals surface area contributed by atoms with Crippen LogP contribution < -0.4 is 0 Å². The minimum absolute atomic E-state index is 0.0167. The third kappa shape index (κ3) is 10.3. The minimum atomic E-state index is 0.0167. The van der Waals surface area contributed by atoms with Gasteiger partial charge in [-0.25, -0.2) is 0 Å². The lowest BCUT2D eigenvalue weighted by atomic mass is 9.86. The van der Waals surface area contributed by atoms with E-state index in [2.05, 4.69) is 13.8 Å². The van der Waals surface area contributed by atoms with Gasteiger partial charge in [0.25, 0.3) is 0 Å². The van der Waals surface area contributed by atoms with Crippen molar-refractivity contribution < 1.29 is 19.0 Å². The Kier molecular flexibility index (Phi) is 12.9. The van der Waals surface area contributed by atoms with E-state index in [1.54, 1.807) is 0 Å². The zero-order valence-corrected chi connectivity index (χ0v) is 19.2. The first-order chi connectivity index (χ1) is 14.2. The molecular weight excluding hydrogens is 364 g/mol. The Balaban J connectivity index is 1.44. The van der Waals surface area contributed by atoms with Crippen molar-refractivity contribution in [3.8, 4) is 0 Å². The second-order valence-corrected chi connectivity index (χ2v) is 9.20. The molecule has 0 heterocycles. The van der Waals surface area contributed by atoms with Crippen LogP contribution in [-0.2, 0) is 19.0 Å². The van der Waals surface area contributed by atoms with Crippen LogP contribution in [0.1, 0.15) is 110 Å². The zero-order valence-electron chi connectivity index (χ0n) is 19.2. The molecule has 4 nitrogen and oxygen atoms in total. The maximum atomic E-state index is 12.2. The number of carbonyl (C=O) groups excluding carboxylic acids is 1. The number of esters is 1. The summed E-state index contributed by atoms with van der Waals surface area (Å²) in [6.45, 7) is 6.52. The van der Waals surface area contributed by atoms with Gasteiger partial charge >= 0.3 is 5.97 Å². The molecule has 2 rings (SSSR count). The molecule has 0 unspecified atom stereocenters. The number of ether oxygens (including phenoxy) is 3. The van der Waals surface area contributed by atoms with Gasteiger partial charge < -0.3 is 14.2 Å². The maximum absolute atomic E-state index is 12.2. The van der Waals surface area contributed by atoms with E-state index < -0.39 is 0 Å². The van der Waals surface area contributed by atoms with Gasteiger partial charge in [0.1, 0.15) is 0 Å². The smallest absolute Gasteiger partial charge is 0.308 e. The average Bonchev–Trinajstić information content (AvgIpc) is 2.77. The predicted molar refractivity (Wildman–Crippen MR) is 118 cm³/mol. The summed E-state index contributed by atoms with van der Waals surface area (Å²) >= 11 is 0. The fraction of sp³-hybridized carbons (Fsp3) is 0.960. The summed E-state index contributed by atoms with van der Waals surface area (Å²) < 4.78 is 17.5. The van der Waals surface area contributed by atoms with Gasteiger partial charge in [0, 0.05) is 0 Å². The highest BCUT2D eigenvalue weighted by atomic mass is 16.5. The second kappa shape index (κ2) is 15.2. The summed E-state index contributed by atoms with van der Waals surface area (Å²) in [6.07, 6.45) is 18.2. The summed E-state index contributed by atoms with van der Waals surface area (Å²) in [6, 6.07) is 0. The van der Waals surface area contributed by atoms with Crippen molar-refractivity contribution in [2.75, 3.05) is 19.8 Å². The normalized spacial score (nSPS) is 27.7. The Bertz CT molecular complexity index is 409. The molecule has 0 spiro atoms. The molecule has 2 fully saturated rings. The van der Waals surface area contributed by atoms with Crippen LogP contribution in [0.2, 0.25) is 0 Å². The fourth-order valence-electron chi connectivity index (χ4n) is 4.77. The first-order valence-electron chi connectivity index (χ1n) is 12.6. The van der Waals surface area contributed by atoms with Crippen LogP contribution in [-0.4, -0.2) is 38.0 Å². The van der Waals surface area contributed by atoms with Crippen molar-refractivity contribution in [3.05, 3.63) is 0 Å². The molecule has 2 saturated carbocycles. The van der Waals surface area contributed by atoms with E-state index in [4.69, 9.17) is 14.2 Å². The van der Waals surface area contributed by atoms with Crippen molar-refractivity contribution in [2.24, 2.45) is 11.8 Å². The molecule has 0 radical (unpaired) electrons. The summed E-state index contributed by atoms with van der Waals surface area (Å²) in [4.78, 5) is 12.2. The van der Waals surface area contributed by atoms with Crippen LogP contribution in [0.15, 0.2) is 0 Å². The van der Waals surface area contributed by atoms with Gasteiger partial charge in [-0.2, -0.15) is 0 Å². The van der Waals surface area contributed by atoms with Crippen LogP contribution in [0.5, 0.6) is 0 Å². The van der Waals surface area contributed by atoms with Gasteiger partial charge in [0.15, 0.2) is 0 Å². The lowest BCUT2D eigenvalue weighted by molar-refractivity contribution is -0.151. The van der Waals surface area contributed by atoms with E-state index in [0.717, 1.165) is 38.0 Å². The third-order valence-electron chi connectivity index (χ3n) is 6.91. The largest absolute Gasteiger partial charge is 0.465 e. The summed E-state index contributed by atoms with van der Waals surface area (Å²) in [5.74, 6) is 1.02. The summed E-state index contributed by atoms with van der Waals surface area (Å²) in [7, 11) is 0. The lowest BCUT2D eigenvalue weighted by Gasteiger charge is -2.29. The Morgan fingerprint density at radius 3 is 1.83 bits per heavy atom. The van der Waals surface area contributed by atoms with Gasteiger partial charge in [0.2, 0.25) is 0 Å². The van der Waals surface area contributed by atoms with Gasteiger partial charge in [-0.1, -0.05) is 52.4 Å². The monoisotopic (exact) mass is 410 g/mol. The molecule has 2 aliphatic rings. The van der Waals surface area contributed by atoms with Crippen molar-refractivity contribution >= 4 is 5.97 Å². The number of rotatable bonds is 14.